The lowest BCUT2D eigenvalue weighted by Gasteiger charge is -2.13. The van der Waals surface area contributed by atoms with Crippen molar-refractivity contribution in [1.29, 1.82) is 0 Å². The molecule has 0 radical (unpaired) electrons. The normalized spacial score (nSPS) is 10.2. The molecule has 0 aliphatic heterocycles. The Kier molecular flexibility index (Phi) is 5.04. The second-order valence-electron chi connectivity index (χ2n) is 3.22. The van der Waals surface area contributed by atoms with E-state index in [0.29, 0.717) is 12.4 Å². The van der Waals surface area contributed by atoms with Gasteiger partial charge in [0.2, 0.25) is 0 Å². The zero-order chi connectivity index (χ0) is 12.0. The van der Waals surface area contributed by atoms with Crippen molar-refractivity contribution in [3.63, 3.8) is 0 Å². The van der Waals surface area contributed by atoms with Crippen molar-refractivity contribution in [2.45, 2.75) is 13.2 Å². The largest absolute Gasteiger partial charge is 0.496 e. The molecule has 16 heavy (non-hydrogen) atoms. The van der Waals surface area contributed by atoms with Crippen molar-refractivity contribution in [2.24, 2.45) is 5.90 Å². The summed E-state index contributed by atoms with van der Waals surface area (Å²) in [5.74, 6) is 6.46. The molecular weight excluding hydrogens is 210 g/mol. The van der Waals surface area contributed by atoms with Gasteiger partial charge in [-0.15, -0.1) is 0 Å². The lowest BCUT2D eigenvalue weighted by atomic mass is 10.1. The molecule has 5 heteroatoms. The maximum atomic E-state index is 5.24. The van der Waals surface area contributed by atoms with E-state index in [1.165, 1.54) is 0 Å². The topological polar surface area (TPSA) is 62.9 Å². The first kappa shape index (κ1) is 12.8. The SMILES string of the molecule is COCc1cc(CON)c(OC)cc1OC. The number of benzene rings is 1. The molecular formula is C11H17NO4. The summed E-state index contributed by atoms with van der Waals surface area (Å²) in [6.45, 7) is 0.745. The third kappa shape index (κ3) is 2.85. The van der Waals surface area contributed by atoms with Crippen molar-refractivity contribution in [3.05, 3.63) is 23.3 Å². The van der Waals surface area contributed by atoms with E-state index in [1.54, 1.807) is 27.4 Å². The predicted molar refractivity (Wildman–Crippen MR) is 59.2 cm³/mol. The number of ether oxygens (including phenoxy) is 3. The highest BCUT2D eigenvalue weighted by atomic mass is 16.6. The van der Waals surface area contributed by atoms with Crippen LogP contribution in [0.2, 0.25) is 0 Å². The van der Waals surface area contributed by atoms with Gasteiger partial charge in [0.05, 0.1) is 27.4 Å². The van der Waals surface area contributed by atoms with E-state index in [2.05, 4.69) is 4.84 Å². The Morgan fingerprint density at radius 3 is 1.94 bits per heavy atom. The molecule has 0 aliphatic rings. The Hall–Kier alpha value is -1.30. The standard InChI is InChI=1S/C11H17NO4/c1-13-6-8-4-9(7-16-12)11(15-3)5-10(8)14-2/h4-5H,6-7,12H2,1-3H3. The Morgan fingerprint density at radius 1 is 0.938 bits per heavy atom. The Labute approximate surface area is 95.0 Å². The van der Waals surface area contributed by atoms with Crippen LogP contribution in [-0.2, 0) is 22.8 Å². The molecule has 0 atom stereocenters. The quantitative estimate of drug-likeness (QED) is 0.741. The fraction of sp³-hybridized carbons (Fsp3) is 0.455. The Balaban J connectivity index is 3.12. The van der Waals surface area contributed by atoms with Gasteiger partial charge in [-0.1, -0.05) is 0 Å². The highest BCUT2D eigenvalue weighted by molar-refractivity contribution is 5.46. The molecule has 0 aromatic heterocycles. The van der Waals surface area contributed by atoms with Crippen molar-refractivity contribution in [1.82, 2.24) is 0 Å². The number of hydrogen-bond acceptors (Lipinski definition) is 5. The molecule has 0 fully saturated rings. The minimum Gasteiger partial charge on any atom is -0.496 e. The minimum atomic E-state index is 0.282. The van der Waals surface area contributed by atoms with Gasteiger partial charge in [-0.3, -0.25) is 4.84 Å². The molecule has 0 aliphatic carbocycles. The van der Waals surface area contributed by atoms with Crippen LogP contribution in [0.25, 0.3) is 0 Å². The van der Waals surface area contributed by atoms with Crippen LogP contribution < -0.4 is 15.4 Å². The summed E-state index contributed by atoms with van der Waals surface area (Å²) in [5, 5.41) is 0. The van der Waals surface area contributed by atoms with Crippen LogP contribution in [0.4, 0.5) is 0 Å². The van der Waals surface area contributed by atoms with E-state index in [9.17, 15) is 0 Å². The lowest BCUT2D eigenvalue weighted by Crippen LogP contribution is -2.04. The predicted octanol–water partition coefficient (Wildman–Crippen LogP) is 1.24. The number of hydrogen-bond donors (Lipinski definition) is 1. The molecule has 1 aromatic rings. The van der Waals surface area contributed by atoms with Gasteiger partial charge < -0.3 is 14.2 Å². The van der Waals surface area contributed by atoms with E-state index in [0.717, 1.165) is 16.9 Å². The molecule has 0 saturated carbocycles. The van der Waals surface area contributed by atoms with Crippen LogP contribution in [0.3, 0.4) is 0 Å². The lowest BCUT2D eigenvalue weighted by molar-refractivity contribution is 0.121. The van der Waals surface area contributed by atoms with Gasteiger partial charge in [0, 0.05) is 24.3 Å². The van der Waals surface area contributed by atoms with E-state index in [4.69, 9.17) is 20.1 Å². The molecule has 0 saturated heterocycles. The van der Waals surface area contributed by atoms with Crippen LogP contribution in [0, 0.1) is 0 Å². The first-order chi connectivity index (χ1) is 7.76. The number of methoxy groups -OCH3 is 3. The zero-order valence-corrected chi connectivity index (χ0v) is 9.78. The first-order valence-corrected chi connectivity index (χ1v) is 4.81. The van der Waals surface area contributed by atoms with Crippen LogP contribution in [0.1, 0.15) is 11.1 Å². The molecule has 5 nitrogen and oxygen atoms in total. The molecule has 0 spiro atoms. The average Bonchev–Trinajstić information content (AvgIpc) is 2.30. The van der Waals surface area contributed by atoms with E-state index >= 15 is 0 Å². The van der Waals surface area contributed by atoms with Crippen LogP contribution >= 0.6 is 0 Å². The summed E-state index contributed by atoms with van der Waals surface area (Å²) < 4.78 is 15.5. The smallest absolute Gasteiger partial charge is 0.128 e. The molecule has 2 N–H and O–H groups in total. The fourth-order valence-corrected chi connectivity index (χ4v) is 1.51. The second-order valence-corrected chi connectivity index (χ2v) is 3.22. The average molecular weight is 227 g/mol. The third-order valence-electron chi connectivity index (χ3n) is 2.22. The second kappa shape index (κ2) is 6.32. The monoisotopic (exact) mass is 227 g/mol. The van der Waals surface area contributed by atoms with Gasteiger partial charge in [-0.2, -0.15) is 0 Å². The molecule has 0 heterocycles. The summed E-state index contributed by atoms with van der Waals surface area (Å²) in [6, 6.07) is 3.69. The number of rotatable bonds is 6. The van der Waals surface area contributed by atoms with E-state index in [-0.39, 0.29) is 6.61 Å². The van der Waals surface area contributed by atoms with Gasteiger partial charge >= 0.3 is 0 Å². The van der Waals surface area contributed by atoms with Crippen LogP contribution in [0.15, 0.2) is 12.1 Å². The van der Waals surface area contributed by atoms with Gasteiger partial charge in [-0.05, 0) is 6.07 Å². The molecule has 1 rings (SSSR count). The number of nitrogens with two attached hydrogens (primary N) is 1. The van der Waals surface area contributed by atoms with Gasteiger partial charge in [-0.25, -0.2) is 5.90 Å². The van der Waals surface area contributed by atoms with Gasteiger partial charge in [0.25, 0.3) is 0 Å². The summed E-state index contributed by atoms with van der Waals surface area (Å²) in [7, 11) is 4.82. The van der Waals surface area contributed by atoms with Crippen molar-refractivity contribution < 1.29 is 19.0 Å². The molecule has 0 bridgehead atoms. The van der Waals surface area contributed by atoms with E-state index < -0.39 is 0 Å². The maximum absolute atomic E-state index is 5.24. The molecule has 0 amide bonds. The Morgan fingerprint density at radius 2 is 1.50 bits per heavy atom. The summed E-state index contributed by atoms with van der Waals surface area (Å²) in [5.41, 5.74) is 1.79. The molecule has 90 valence electrons. The summed E-state index contributed by atoms with van der Waals surface area (Å²) in [4.78, 5) is 4.62. The van der Waals surface area contributed by atoms with Crippen molar-refractivity contribution >= 4 is 0 Å². The third-order valence-corrected chi connectivity index (χ3v) is 2.22. The zero-order valence-electron chi connectivity index (χ0n) is 9.78. The maximum Gasteiger partial charge on any atom is 0.128 e. The first-order valence-electron chi connectivity index (χ1n) is 4.81. The summed E-state index contributed by atoms with van der Waals surface area (Å²) >= 11 is 0. The fourth-order valence-electron chi connectivity index (χ4n) is 1.51. The Bertz CT molecular complexity index is 312. The van der Waals surface area contributed by atoms with Crippen LogP contribution in [-0.4, -0.2) is 21.3 Å². The minimum absolute atomic E-state index is 0.282. The molecule has 0 unspecified atom stereocenters. The van der Waals surface area contributed by atoms with Crippen molar-refractivity contribution in [2.75, 3.05) is 21.3 Å². The molecule has 1 aromatic carbocycles. The van der Waals surface area contributed by atoms with E-state index in [1.807, 2.05) is 6.07 Å². The van der Waals surface area contributed by atoms with Crippen molar-refractivity contribution in [3.8, 4) is 11.5 Å². The van der Waals surface area contributed by atoms with Gasteiger partial charge in [0.1, 0.15) is 11.5 Å². The van der Waals surface area contributed by atoms with Crippen LogP contribution in [0.5, 0.6) is 11.5 Å². The summed E-state index contributed by atoms with van der Waals surface area (Å²) in [6.07, 6.45) is 0. The highest BCUT2D eigenvalue weighted by Crippen LogP contribution is 2.29. The highest BCUT2D eigenvalue weighted by Gasteiger charge is 2.10. The van der Waals surface area contributed by atoms with Gasteiger partial charge in [0.15, 0.2) is 0 Å².